The number of benzene rings is 2. The number of anilines is 1. The van der Waals surface area contributed by atoms with Gasteiger partial charge in [0.2, 0.25) is 5.76 Å². The van der Waals surface area contributed by atoms with E-state index in [1.807, 2.05) is 0 Å². The normalized spacial score (nSPS) is 11.7. The van der Waals surface area contributed by atoms with Gasteiger partial charge in [0.05, 0.1) is 0 Å². The van der Waals surface area contributed by atoms with Crippen LogP contribution in [0.1, 0.15) is 34.8 Å². The van der Waals surface area contributed by atoms with Gasteiger partial charge in [0.15, 0.2) is 0 Å². The van der Waals surface area contributed by atoms with Crippen molar-refractivity contribution in [2.75, 3.05) is 5.32 Å². The van der Waals surface area contributed by atoms with Crippen LogP contribution in [0.4, 0.5) is 10.1 Å². The number of carboxylic acids is 1. The quantitative estimate of drug-likeness (QED) is 0.532. The monoisotopic (exact) mass is 425 g/mol. The smallest absolute Gasteiger partial charge is 0.326 e. The molecule has 160 valence electrons. The number of aliphatic carboxylic acids is 1. The molecule has 0 radical (unpaired) electrons. The molecule has 3 N–H and O–H groups in total. The first-order chi connectivity index (χ1) is 14.7. The Hall–Kier alpha value is -4.01. The van der Waals surface area contributed by atoms with E-state index in [1.165, 1.54) is 30.3 Å². The molecule has 1 atom stereocenters. The molecule has 0 aliphatic carbocycles. The van der Waals surface area contributed by atoms with Crippen LogP contribution in [0.25, 0.3) is 11.3 Å². The first-order valence-electron chi connectivity index (χ1n) is 9.42. The van der Waals surface area contributed by atoms with Gasteiger partial charge in [0, 0.05) is 22.9 Å². The van der Waals surface area contributed by atoms with Crippen LogP contribution in [0.3, 0.4) is 0 Å². The van der Waals surface area contributed by atoms with Gasteiger partial charge in [0.25, 0.3) is 11.8 Å². The van der Waals surface area contributed by atoms with Crippen molar-refractivity contribution >= 4 is 23.5 Å². The van der Waals surface area contributed by atoms with E-state index in [-0.39, 0.29) is 17.6 Å². The Balaban J connectivity index is 1.67. The maximum atomic E-state index is 13.0. The van der Waals surface area contributed by atoms with Gasteiger partial charge in [-0.25, -0.2) is 9.18 Å². The number of nitrogens with one attached hydrogen (secondary N) is 2. The minimum absolute atomic E-state index is 0.115. The number of hydrogen-bond acceptors (Lipinski definition) is 5. The SMILES string of the molecule is CC(C)[C@H](NC(=O)c1cc(-c2ccc(NC(=O)c3ccc(F)cc3)cc2)no1)C(=O)O. The van der Waals surface area contributed by atoms with Crippen LogP contribution < -0.4 is 10.6 Å². The molecule has 31 heavy (non-hydrogen) atoms. The number of amides is 2. The molecule has 0 unspecified atom stereocenters. The lowest BCUT2D eigenvalue weighted by atomic mass is 10.0. The predicted molar refractivity (Wildman–Crippen MR) is 110 cm³/mol. The van der Waals surface area contributed by atoms with E-state index in [4.69, 9.17) is 4.52 Å². The highest BCUT2D eigenvalue weighted by molar-refractivity contribution is 6.04. The summed E-state index contributed by atoms with van der Waals surface area (Å²) in [6.07, 6.45) is 0. The van der Waals surface area contributed by atoms with Gasteiger partial charge >= 0.3 is 5.97 Å². The van der Waals surface area contributed by atoms with Crippen LogP contribution in [-0.4, -0.2) is 34.1 Å². The van der Waals surface area contributed by atoms with E-state index in [2.05, 4.69) is 15.8 Å². The third-order valence-corrected chi connectivity index (χ3v) is 4.50. The zero-order chi connectivity index (χ0) is 22.5. The zero-order valence-corrected chi connectivity index (χ0v) is 16.8. The number of halogens is 1. The van der Waals surface area contributed by atoms with Gasteiger partial charge in [-0.05, 0) is 42.3 Å². The molecule has 0 fully saturated rings. The number of nitrogens with zero attached hydrogens (tertiary/aromatic N) is 1. The van der Waals surface area contributed by atoms with Gasteiger partial charge in [-0.1, -0.05) is 31.1 Å². The molecule has 1 aromatic heterocycles. The molecule has 3 rings (SSSR count). The van der Waals surface area contributed by atoms with Crippen LogP contribution in [0.15, 0.2) is 59.1 Å². The number of carbonyl (C=O) groups excluding carboxylic acids is 2. The Bertz CT molecular complexity index is 1090. The molecular weight excluding hydrogens is 405 g/mol. The summed E-state index contributed by atoms with van der Waals surface area (Å²) in [7, 11) is 0. The van der Waals surface area contributed by atoms with E-state index in [0.29, 0.717) is 22.5 Å². The van der Waals surface area contributed by atoms with Gasteiger partial charge in [-0.15, -0.1) is 0 Å². The van der Waals surface area contributed by atoms with Crippen molar-refractivity contribution in [3.63, 3.8) is 0 Å². The molecular formula is C22H20FN3O5. The first-order valence-corrected chi connectivity index (χ1v) is 9.42. The number of rotatable bonds is 7. The Morgan fingerprint density at radius 3 is 2.23 bits per heavy atom. The topological polar surface area (TPSA) is 122 Å². The van der Waals surface area contributed by atoms with Crippen molar-refractivity contribution in [2.45, 2.75) is 19.9 Å². The van der Waals surface area contributed by atoms with Gasteiger partial charge in [-0.2, -0.15) is 0 Å². The summed E-state index contributed by atoms with van der Waals surface area (Å²) in [6.45, 7) is 3.36. The van der Waals surface area contributed by atoms with Crippen LogP contribution >= 0.6 is 0 Å². The molecule has 0 aliphatic rings. The molecule has 2 aromatic carbocycles. The maximum Gasteiger partial charge on any atom is 0.326 e. The fraction of sp³-hybridized carbons (Fsp3) is 0.182. The van der Waals surface area contributed by atoms with Crippen LogP contribution in [0.5, 0.6) is 0 Å². The van der Waals surface area contributed by atoms with Crippen LogP contribution in [-0.2, 0) is 4.79 Å². The van der Waals surface area contributed by atoms with E-state index < -0.39 is 23.7 Å². The first kappa shape index (κ1) is 21.7. The van der Waals surface area contributed by atoms with Crippen LogP contribution in [0, 0.1) is 11.7 Å². The van der Waals surface area contributed by atoms with Crippen molar-refractivity contribution in [2.24, 2.45) is 5.92 Å². The van der Waals surface area contributed by atoms with E-state index in [0.717, 1.165) is 0 Å². The summed E-state index contributed by atoms with van der Waals surface area (Å²) >= 11 is 0. The molecule has 0 saturated carbocycles. The average molecular weight is 425 g/mol. The Labute approximate surface area is 177 Å². The van der Waals surface area contributed by atoms with Crippen molar-refractivity contribution in [1.29, 1.82) is 0 Å². The highest BCUT2D eigenvalue weighted by Gasteiger charge is 2.25. The summed E-state index contributed by atoms with van der Waals surface area (Å²) < 4.78 is 18.0. The molecule has 9 heteroatoms. The molecule has 0 spiro atoms. The van der Waals surface area contributed by atoms with Crippen molar-refractivity contribution in [1.82, 2.24) is 10.5 Å². The van der Waals surface area contributed by atoms with Gasteiger partial charge < -0.3 is 20.3 Å². The molecule has 0 saturated heterocycles. The van der Waals surface area contributed by atoms with Crippen molar-refractivity contribution in [3.8, 4) is 11.3 Å². The second kappa shape index (κ2) is 9.21. The molecule has 0 bridgehead atoms. The Morgan fingerprint density at radius 1 is 1.00 bits per heavy atom. The zero-order valence-electron chi connectivity index (χ0n) is 16.8. The van der Waals surface area contributed by atoms with Gasteiger partial charge in [0.1, 0.15) is 17.6 Å². The second-order valence-electron chi connectivity index (χ2n) is 7.15. The Morgan fingerprint density at radius 2 is 1.65 bits per heavy atom. The number of hydrogen-bond donors (Lipinski definition) is 3. The average Bonchev–Trinajstić information content (AvgIpc) is 3.22. The standard InChI is InChI=1S/C22H20FN3O5/c1-12(2)19(22(29)30)25-21(28)18-11-17(26-31-18)13-5-9-16(10-6-13)24-20(27)14-3-7-15(23)8-4-14/h3-12,19H,1-2H3,(H,24,27)(H,25,28)(H,29,30)/t19-/m0/s1. The fourth-order valence-corrected chi connectivity index (χ4v) is 2.77. The molecule has 2 amide bonds. The maximum absolute atomic E-state index is 13.0. The molecule has 0 aliphatic heterocycles. The van der Waals surface area contributed by atoms with E-state index in [9.17, 15) is 23.9 Å². The van der Waals surface area contributed by atoms with E-state index in [1.54, 1.807) is 38.1 Å². The fourth-order valence-electron chi connectivity index (χ4n) is 2.77. The third-order valence-electron chi connectivity index (χ3n) is 4.50. The summed E-state index contributed by atoms with van der Waals surface area (Å²) in [6, 6.07) is 12.2. The summed E-state index contributed by atoms with van der Waals surface area (Å²) in [5.41, 5.74) is 1.83. The minimum atomic E-state index is -1.14. The lowest BCUT2D eigenvalue weighted by Crippen LogP contribution is -2.44. The summed E-state index contributed by atoms with van der Waals surface area (Å²) in [4.78, 5) is 35.7. The molecule has 1 heterocycles. The van der Waals surface area contributed by atoms with Gasteiger partial charge in [-0.3, -0.25) is 9.59 Å². The van der Waals surface area contributed by atoms with E-state index >= 15 is 0 Å². The van der Waals surface area contributed by atoms with Crippen LogP contribution in [0.2, 0.25) is 0 Å². The number of carboxylic acid groups (broad SMARTS) is 1. The lowest BCUT2D eigenvalue weighted by molar-refractivity contribution is -0.140. The number of carbonyl (C=O) groups is 3. The third kappa shape index (κ3) is 5.33. The highest BCUT2D eigenvalue weighted by atomic mass is 19.1. The lowest BCUT2D eigenvalue weighted by Gasteiger charge is -2.16. The summed E-state index contributed by atoms with van der Waals surface area (Å²) in [5.74, 6) is -3.04. The molecule has 3 aromatic rings. The number of aromatic nitrogens is 1. The minimum Gasteiger partial charge on any atom is -0.480 e. The van der Waals surface area contributed by atoms with Crippen molar-refractivity contribution in [3.05, 3.63) is 71.7 Å². The largest absolute Gasteiger partial charge is 0.480 e. The van der Waals surface area contributed by atoms with Crippen molar-refractivity contribution < 1.29 is 28.4 Å². The molecule has 8 nitrogen and oxygen atoms in total. The Kier molecular flexibility index (Phi) is 6.44. The second-order valence-corrected chi connectivity index (χ2v) is 7.15. The predicted octanol–water partition coefficient (Wildman–Crippen LogP) is 3.57. The summed E-state index contributed by atoms with van der Waals surface area (Å²) in [5, 5.41) is 18.1. The highest BCUT2D eigenvalue weighted by Crippen LogP contribution is 2.22.